The van der Waals surface area contributed by atoms with Crippen LogP contribution in [0, 0.1) is 5.92 Å². The average Bonchev–Trinajstić information content (AvgIpc) is 2.95. The molecule has 1 fully saturated rings. The maximum absolute atomic E-state index is 12.3. The van der Waals surface area contributed by atoms with Gasteiger partial charge in [0.05, 0.1) is 11.7 Å². The lowest BCUT2D eigenvalue weighted by Gasteiger charge is -2.30. The Balaban J connectivity index is 1.96. The second-order valence-electron chi connectivity index (χ2n) is 4.89. The molecule has 0 aromatic carbocycles. The number of rotatable bonds is 6. The van der Waals surface area contributed by atoms with Crippen molar-refractivity contribution in [2.24, 2.45) is 5.92 Å². The molecule has 7 nitrogen and oxygen atoms in total. The molecule has 124 valence electrons. The number of amides is 1. The number of carbonyl (C=O) groups is 1. The molecule has 0 saturated carbocycles. The highest BCUT2D eigenvalue weighted by Crippen LogP contribution is 2.26. The molecule has 1 atom stereocenters. The Morgan fingerprint density at radius 1 is 1.45 bits per heavy atom. The van der Waals surface area contributed by atoms with Crippen molar-refractivity contribution in [3.05, 3.63) is 0 Å². The van der Waals surface area contributed by atoms with Gasteiger partial charge in [-0.1, -0.05) is 30.0 Å². The highest BCUT2D eigenvalue weighted by Gasteiger charge is 2.31. The molecular formula is C12H20N4O3S3. The predicted octanol–water partition coefficient (Wildman–Crippen LogP) is 1.65. The van der Waals surface area contributed by atoms with Crippen molar-refractivity contribution in [2.45, 2.75) is 31.0 Å². The van der Waals surface area contributed by atoms with Crippen molar-refractivity contribution < 1.29 is 13.2 Å². The van der Waals surface area contributed by atoms with Gasteiger partial charge in [0.2, 0.25) is 21.1 Å². The first-order valence-electron chi connectivity index (χ1n) is 7.21. The Morgan fingerprint density at radius 2 is 2.23 bits per heavy atom. The first-order valence-corrected chi connectivity index (χ1v) is 10.6. The normalized spacial score (nSPS) is 20.0. The van der Waals surface area contributed by atoms with Crippen LogP contribution in [0.3, 0.4) is 0 Å². The lowest BCUT2D eigenvalue weighted by molar-refractivity contribution is -0.120. The monoisotopic (exact) mass is 364 g/mol. The third-order valence-corrected chi connectivity index (χ3v) is 7.12. The third kappa shape index (κ3) is 4.40. The van der Waals surface area contributed by atoms with E-state index in [-0.39, 0.29) is 24.1 Å². The highest BCUT2D eigenvalue weighted by atomic mass is 32.2. The van der Waals surface area contributed by atoms with Crippen molar-refractivity contribution in [1.82, 2.24) is 14.5 Å². The molecule has 0 unspecified atom stereocenters. The summed E-state index contributed by atoms with van der Waals surface area (Å²) in [5, 5.41) is 11.1. The van der Waals surface area contributed by atoms with Gasteiger partial charge in [0.15, 0.2) is 4.34 Å². The molecule has 1 aromatic heterocycles. The molecule has 2 heterocycles. The van der Waals surface area contributed by atoms with Gasteiger partial charge >= 0.3 is 0 Å². The van der Waals surface area contributed by atoms with Crippen molar-refractivity contribution in [3.63, 3.8) is 0 Å². The van der Waals surface area contributed by atoms with Crippen LogP contribution < -0.4 is 5.32 Å². The van der Waals surface area contributed by atoms with Crippen molar-refractivity contribution in [3.8, 4) is 0 Å². The summed E-state index contributed by atoms with van der Waals surface area (Å²) in [6.45, 7) is 4.38. The van der Waals surface area contributed by atoms with Gasteiger partial charge in [0.25, 0.3) is 0 Å². The summed E-state index contributed by atoms with van der Waals surface area (Å²) in [5.74, 6) is 0.450. The standard InChI is InChI=1S/C12H20N4O3S3/c1-3-20-12-15-14-11(21-12)13-10(17)9-6-5-7-16(8-9)22(18,19)4-2/h9H,3-8H2,1-2H3,(H,13,14,17)/t9-/m1/s1. The van der Waals surface area contributed by atoms with Crippen LogP contribution in [-0.2, 0) is 14.8 Å². The zero-order chi connectivity index (χ0) is 16.2. The summed E-state index contributed by atoms with van der Waals surface area (Å²) in [7, 11) is -3.24. The quantitative estimate of drug-likeness (QED) is 0.609. The van der Waals surface area contributed by atoms with E-state index in [9.17, 15) is 13.2 Å². The van der Waals surface area contributed by atoms with Gasteiger partial charge in [-0.3, -0.25) is 4.79 Å². The fourth-order valence-electron chi connectivity index (χ4n) is 2.24. The Kier molecular flexibility index (Phi) is 6.18. The van der Waals surface area contributed by atoms with Crippen LogP contribution in [-0.4, -0.2) is 53.4 Å². The Labute approximate surface area is 138 Å². The van der Waals surface area contributed by atoms with Crippen LogP contribution in [0.25, 0.3) is 0 Å². The molecule has 0 radical (unpaired) electrons. The third-order valence-electron chi connectivity index (χ3n) is 3.42. The van der Waals surface area contributed by atoms with E-state index in [4.69, 9.17) is 0 Å². The molecule has 10 heteroatoms. The van der Waals surface area contributed by atoms with E-state index in [1.807, 2.05) is 6.92 Å². The summed E-state index contributed by atoms with van der Waals surface area (Å²) in [5.41, 5.74) is 0. The number of aromatic nitrogens is 2. The van der Waals surface area contributed by atoms with Crippen molar-refractivity contribution in [2.75, 3.05) is 29.9 Å². The molecule has 0 bridgehead atoms. The van der Waals surface area contributed by atoms with E-state index in [1.165, 1.54) is 15.6 Å². The van der Waals surface area contributed by atoms with Crippen LogP contribution in [0.2, 0.25) is 0 Å². The molecule has 0 aliphatic carbocycles. The predicted molar refractivity (Wildman–Crippen MR) is 88.7 cm³/mol. The van der Waals surface area contributed by atoms with Gasteiger partial charge < -0.3 is 5.32 Å². The second-order valence-corrected chi connectivity index (χ2v) is 9.64. The fourth-order valence-corrected chi connectivity index (χ4v) is 5.07. The van der Waals surface area contributed by atoms with E-state index in [1.54, 1.807) is 18.7 Å². The number of carbonyl (C=O) groups excluding carboxylic acids is 1. The molecule has 1 amide bonds. The SMILES string of the molecule is CCSc1nnc(NC(=O)[C@@H]2CCCN(S(=O)(=O)CC)C2)s1. The van der Waals surface area contributed by atoms with Crippen molar-refractivity contribution in [1.29, 1.82) is 0 Å². The number of nitrogens with zero attached hydrogens (tertiary/aromatic N) is 3. The number of thioether (sulfide) groups is 1. The van der Waals surface area contributed by atoms with Gasteiger partial charge in [-0.2, -0.15) is 0 Å². The zero-order valence-corrected chi connectivity index (χ0v) is 15.1. The molecule has 1 saturated heterocycles. The lowest BCUT2D eigenvalue weighted by Crippen LogP contribution is -2.44. The minimum Gasteiger partial charge on any atom is -0.300 e. The fraction of sp³-hybridized carbons (Fsp3) is 0.750. The largest absolute Gasteiger partial charge is 0.300 e. The van der Waals surface area contributed by atoms with E-state index in [2.05, 4.69) is 15.5 Å². The van der Waals surface area contributed by atoms with Crippen LogP contribution >= 0.6 is 23.1 Å². The van der Waals surface area contributed by atoms with E-state index in [0.717, 1.165) is 10.1 Å². The molecule has 1 aromatic rings. The van der Waals surface area contributed by atoms with Gasteiger partial charge in [0, 0.05) is 13.1 Å². The summed E-state index contributed by atoms with van der Waals surface area (Å²) in [6, 6.07) is 0. The van der Waals surface area contributed by atoms with Crippen molar-refractivity contribution >= 4 is 44.2 Å². The molecule has 22 heavy (non-hydrogen) atoms. The Hall–Kier alpha value is -0.710. The van der Waals surface area contributed by atoms with Gasteiger partial charge in [-0.05, 0) is 25.5 Å². The smallest absolute Gasteiger partial charge is 0.230 e. The number of nitrogens with one attached hydrogen (secondary N) is 1. The van der Waals surface area contributed by atoms with Crippen LogP contribution in [0.5, 0.6) is 0 Å². The van der Waals surface area contributed by atoms with E-state index in [0.29, 0.717) is 24.5 Å². The molecule has 1 aliphatic rings. The van der Waals surface area contributed by atoms with Crippen LogP contribution in [0.4, 0.5) is 5.13 Å². The molecule has 1 N–H and O–H groups in total. The maximum Gasteiger partial charge on any atom is 0.230 e. The Morgan fingerprint density at radius 3 is 2.91 bits per heavy atom. The summed E-state index contributed by atoms with van der Waals surface area (Å²) >= 11 is 2.91. The van der Waals surface area contributed by atoms with Crippen LogP contribution in [0.1, 0.15) is 26.7 Å². The number of hydrogen-bond donors (Lipinski definition) is 1. The zero-order valence-electron chi connectivity index (χ0n) is 12.6. The second kappa shape index (κ2) is 7.71. The van der Waals surface area contributed by atoms with E-state index < -0.39 is 10.0 Å². The minimum absolute atomic E-state index is 0.0648. The molecule has 0 spiro atoms. The summed E-state index contributed by atoms with van der Waals surface area (Å²) in [4.78, 5) is 12.3. The van der Waals surface area contributed by atoms with E-state index >= 15 is 0 Å². The Bertz CT molecular complexity index is 617. The number of sulfonamides is 1. The molecular weight excluding hydrogens is 344 g/mol. The summed E-state index contributed by atoms with van der Waals surface area (Å²) in [6.07, 6.45) is 1.39. The first kappa shape index (κ1) is 17.6. The highest BCUT2D eigenvalue weighted by molar-refractivity contribution is 8.01. The molecule has 1 aliphatic heterocycles. The molecule has 2 rings (SSSR count). The maximum atomic E-state index is 12.3. The van der Waals surface area contributed by atoms with Gasteiger partial charge in [-0.15, -0.1) is 10.2 Å². The topological polar surface area (TPSA) is 92.3 Å². The average molecular weight is 365 g/mol. The lowest BCUT2D eigenvalue weighted by atomic mass is 9.99. The number of hydrogen-bond acceptors (Lipinski definition) is 7. The van der Waals surface area contributed by atoms with Gasteiger partial charge in [-0.25, -0.2) is 12.7 Å². The number of piperidine rings is 1. The number of anilines is 1. The summed E-state index contributed by atoms with van der Waals surface area (Å²) < 4.78 is 26.1. The minimum atomic E-state index is -3.24. The van der Waals surface area contributed by atoms with Crippen LogP contribution in [0.15, 0.2) is 4.34 Å². The van der Waals surface area contributed by atoms with Gasteiger partial charge in [0.1, 0.15) is 0 Å². The first-order chi connectivity index (χ1) is 10.5.